The Bertz CT molecular complexity index is 241. The number of nitrogens with zero attached hydrogens (tertiary/aromatic N) is 1. The van der Waals surface area contributed by atoms with Crippen LogP contribution in [0.4, 0.5) is 0 Å². The van der Waals surface area contributed by atoms with Crippen molar-refractivity contribution >= 4 is 5.78 Å². The summed E-state index contributed by atoms with van der Waals surface area (Å²) in [5.74, 6) is 0.527. The molecule has 2 bridgehead atoms. The van der Waals surface area contributed by atoms with Gasteiger partial charge in [0, 0.05) is 31.0 Å². The Morgan fingerprint density at radius 1 is 0.800 bits per heavy atom. The number of rotatable bonds is 1. The molecule has 2 unspecified atom stereocenters. The minimum absolute atomic E-state index is 0.527. The van der Waals surface area contributed by atoms with Crippen molar-refractivity contribution in [1.82, 2.24) is 4.90 Å². The van der Waals surface area contributed by atoms with E-state index in [0.29, 0.717) is 17.9 Å². The van der Waals surface area contributed by atoms with Gasteiger partial charge in [0.15, 0.2) is 0 Å². The molecule has 2 aliphatic heterocycles. The predicted molar refractivity (Wildman–Crippen MR) is 59.8 cm³/mol. The van der Waals surface area contributed by atoms with Gasteiger partial charge in [-0.15, -0.1) is 0 Å². The van der Waals surface area contributed by atoms with E-state index < -0.39 is 0 Å². The number of piperidine rings is 2. The van der Waals surface area contributed by atoms with Gasteiger partial charge >= 0.3 is 0 Å². The molecule has 2 atom stereocenters. The quantitative estimate of drug-likeness (QED) is 0.658. The van der Waals surface area contributed by atoms with Crippen LogP contribution in [0.5, 0.6) is 0 Å². The summed E-state index contributed by atoms with van der Waals surface area (Å²) in [7, 11) is 0. The number of fused-ring (bicyclic) bond motifs is 2. The molecule has 0 radical (unpaired) electrons. The second-order valence-electron chi connectivity index (χ2n) is 5.57. The first-order chi connectivity index (χ1) is 7.34. The molecule has 2 heterocycles. The molecule has 0 aromatic heterocycles. The summed E-state index contributed by atoms with van der Waals surface area (Å²) in [6.07, 6.45) is 11.2. The van der Waals surface area contributed by atoms with Crippen molar-refractivity contribution in [3.05, 3.63) is 0 Å². The van der Waals surface area contributed by atoms with Crippen LogP contribution < -0.4 is 0 Å². The van der Waals surface area contributed by atoms with E-state index in [0.717, 1.165) is 18.9 Å². The number of Topliss-reactive ketones (excluding diaryl/α,β-unsaturated/α-hetero) is 1. The van der Waals surface area contributed by atoms with Crippen LogP contribution in [0.15, 0.2) is 0 Å². The van der Waals surface area contributed by atoms with Gasteiger partial charge in [-0.3, -0.25) is 9.69 Å². The molecule has 2 heteroatoms. The van der Waals surface area contributed by atoms with E-state index in [1.807, 2.05) is 0 Å². The molecule has 0 N–H and O–H groups in total. The maximum absolute atomic E-state index is 11.6. The Morgan fingerprint density at radius 2 is 1.33 bits per heavy atom. The van der Waals surface area contributed by atoms with Crippen LogP contribution in [-0.4, -0.2) is 28.8 Å². The fraction of sp³-hybridized carbons (Fsp3) is 0.923. The van der Waals surface area contributed by atoms with E-state index in [9.17, 15) is 4.79 Å². The SMILES string of the molecule is O=C1CC2CCCC(C1)N2C1CCCC1. The summed E-state index contributed by atoms with van der Waals surface area (Å²) in [4.78, 5) is 14.4. The fourth-order valence-corrected chi connectivity index (χ4v) is 4.01. The van der Waals surface area contributed by atoms with Crippen molar-refractivity contribution in [2.45, 2.75) is 75.9 Å². The van der Waals surface area contributed by atoms with Crippen LogP contribution in [0.25, 0.3) is 0 Å². The standard InChI is InChI=1S/C13H21NO/c15-13-8-11-6-3-7-12(9-13)14(11)10-4-1-2-5-10/h10-12H,1-9H2. The highest BCUT2D eigenvalue weighted by atomic mass is 16.1. The van der Waals surface area contributed by atoms with Gasteiger partial charge in [-0.2, -0.15) is 0 Å². The molecule has 2 nitrogen and oxygen atoms in total. The van der Waals surface area contributed by atoms with E-state index in [2.05, 4.69) is 4.90 Å². The van der Waals surface area contributed by atoms with Gasteiger partial charge in [0.1, 0.15) is 5.78 Å². The zero-order valence-electron chi connectivity index (χ0n) is 9.45. The van der Waals surface area contributed by atoms with Gasteiger partial charge in [-0.25, -0.2) is 0 Å². The van der Waals surface area contributed by atoms with E-state index in [1.165, 1.54) is 44.9 Å². The summed E-state index contributed by atoms with van der Waals surface area (Å²) in [6, 6.07) is 2.06. The lowest BCUT2D eigenvalue weighted by atomic mass is 9.82. The van der Waals surface area contributed by atoms with Gasteiger partial charge in [0.2, 0.25) is 0 Å². The van der Waals surface area contributed by atoms with Gasteiger partial charge in [0.05, 0.1) is 0 Å². The summed E-state index contributed by atoms with van der Waals surface area (Å²) in [6.45, 7) is 0. The zero-order valence-corrected chi connectivity index (χ0v) is 9.45. The molecule has 0 aromatic rings. The zero-order chi connectivity index (χ0) is 10.3. The lowest BCUT2D eigenvalue weighted by Crippen LogP contribution is -2.55. The van der Waals surface area contributed by atoms with Crippen molar-refractivity contribution in [2.75, 3.05) is 0 Å². The van der Waals surface area contributed by atoms with Gasteiger partial charge in [-0.1, -0.05) is 19.3 Å². The molecular formula is C13H21NO. The maximum atomic E-state index is 11.6. The molecule has 84 valence electrons. The van der Waals surface area contributed by atoms with Gasteiger partial charge in [0.25, 0.3) is 0 Å². The van der Waals surface area contributed by atoms with Gasteiger partial charge in [-0.05, 0) is 25.7 Å². The van der Waals surface area contributed by atoms with Crippen molar-refractivity contribution in [3.8, 4) is 0 Å². The average molecular weight is 207 g/mol. The minimum atomic E-state index is 0.527. The predicted octanol–water partition coefficient (Wildman–Crippen LogP) is 2.52. The lowest BCUT2D eigenvalue weighted by molar-refractivity contribution is -0.128. The molecule has 1 saturated carbocycles. The Labute approximate surface area is 92.0 Å². The third-order valence-electron chi connectivity index (χ3n) is 4.59. The normalized spacial score (nSPS) is 38.5. The summed E-state index contributed by atoms with van der Waals surface area (Å²) in [5.41, 5.74) is 0. The molecular weight excluding hydrogens is 186 g/mol. The highest BCUT2D eigenvalue weighted by molar-refractivity contribution is 5.80. The molecule has 0 spiro atoms. The third-order valence-corrected chi connectivity index (χ3v) is 4.59. The molecule has 3 rings (SSSR count). The first kappa shape index (κ1) is 9.83. The molecule has 0 aromatic carbocycles. The Kier molecular flexibility index (Phi) is 2.55. The number of carbonyl (C=O) groups is 1. The first-order valence-electron chi connectivity index (χ1n) is 6.64. The number of ketones is 1. The Morgan fingerprint density at radius 3 is 1.93 bits per heavy atom. The molecule has 2 saturated heterocycles. The first-order valence-corrected chi connectivity index (χ1v) is 6.64. The van der Waals surface area contributed by atoms with Crippen molar-refractivity contribution in [2.24, 2.45) is 0 Å². The number of hydrogen-bond acceptors (Lipinski definition) is 2. The van der Waals surface area contributed by atoms with Crippen LogP contribution in [-0.2, 0) is 4.79 Å². The van der Waals surface area contributed by atoms with Crippen LogP contribution in [0.3, 0.4) is 0 Å². The fourth-order valence-electron chi connectivity index (χ4n) is 4.01. The highest BCUT2D eigenvalue weighted by Gasteiger charge is 2.41. The maximum Gasteiger partial charge on any atom is 0.136 e. The highest BCUT2D eigenvalue weighted by Crippen LogP contribution is 2.38. The Hall–Kier alpha value is -0.370. The van der Waals surface area contributed by atoms with E-state index in [-0.39, 0.29) is 0 Å². The molecule has 3 fully saturated rings. The largest absolute Gasteiger partial charge is 0.300 e. The lowest BCUT2D eigenvalue weighted by Gasteiger charge is -2.48. The van der Waals surface area contributed by atoms with Crippen LogP contribution in [0.2, 0.25) is 0 Å². The minimum Gasteiger partial charge on any atom is -0.300 e. The van der Waals surface area contributed by atoms with E-state index >= 15 is 0 Å². The topological polar surface area (TPSA) is 20.3 Å². The number of hydrogen-bond donors (Lipinski definition) is 0. The second-order valence-corrected chi connectivity index (χ2v) is 5.57. The summed E-state index contributed by atoms with van der Waals surface area (Å²) >= 11 is 0. The van der Waals surface area contributed by atoms with Crippen molar-refractivity contribution in [3.63, 3.8) is 0 Å². The second kappa shape index (κ2) is 3.89. The smallest absolute Gasteiger partial charge is 0.136 e. The monoisotopic (exact) mass is 207 g/mol. The molecule has 1 aliphatic carbocycles. The average Bonchev–Trinajstić information content (AvgIpc) is 2.68. The van der Waals surface area contributed by atoms with Crippen LogP contribution in [0.1, 0.15) is 57.8 Å². The van der Waals surface area contributed by atoms with Crippen molar-refractivity contribution < 1.29 is 4.79 Å². The van der Waals surface area contributed by atoms with Crippen LogP contribution >= 0.6 is 0 Å². The van der Waals surface area contributed by atoms with E-state index in [4.69, 9.17) is 0 Å². The third kappa shape index (κ3) is 1.73. The molecule has 3 aliphatic rings. The number of carbonyl (C=O) groups excluding carboxylic acids is 1. The summed E-state index contributed by atoms with van der Waals surface area (Å²) in [5, 5.41) is 0. The van der Waals surface area contributed by atoms with Crippen LogP contribution in [0, 0.1) is 0 Å². The Balaban J connectivity index is 1.78. The molecule has 0 amide bonds. The van der Waals surface area contributed by atoms with Gasteiger partial charge < -0.3 is 0 Å². The van der Waals surface area contributed by atoms with Crippen molar-refractivity contribution in [1.29, 1.82) is 0 Å². The molecule has 15 heavy (non-hydrogen) atoms. The summed E-state index contributed by atoms with van der Waals surface area (Å²) < 4.78 is 0. The van der Waals surface area contributed by atoms with E-state index in [1.54, 1.807) is 0 Å².